The molecule has 0 aliphatic rings. The van der Waals surface area contributed by atoms with Crippen LogP contribution in [0.2, 0.25) is 0 Å². The van der Waals surface area contributed by atoms with Gasteiger partial charge in [-0.15, -0.1) is 0 Å². The van der Waals surface area contributed by atoms with Gasteiger partial charge in [0.05, 0.1) is 0 Å². The Labute approximate surface area is 62.1 Å². The molecule has 4 heteroatoms. The maximum atomic E-state index is 9.83. The van der Waals surface area contributed by atoms with Crippen LogP contribution in [0.3, 0.4) is 0 Å². The lowest BCUT2D eigenvalue weighted by atomic mass is 10.4. The van der Waals surface area contributed by atoms with E-state index in [2.05, 4.69) is 20.7 Å². The Hall–Kier alpha value is -0.250. The first-order valence-corrected chi connectivity index (χ1v) is 3.62. The summed E-state index contributed by atoms with van der Waals surface area (Å²) in [6, 6.07) is 0. The monoisotopic (exact) mass is 196 g/mol. The molecular weight excluding hydrogens is 188 g/mol. The third-order valence-corrected chi connectivity index (χ3v) is 1.39. The standard InChI is InChI=1S/C5H9BrO3/c1-2-3-4(6)9-5(7)8/h4H,2-3H2,1H3,(H,7,8). The third-order valence-electron chi connectivity index (χ3n) is 0.744. The summed E-state index contributed by atoms with van der Waals surface area (Å²) in [5.74, 6) is 0. The van der Waals surface area contributed by atoms with Crippen LogP contribution in [0.1, 0.15) is 19.8 Å². The molecule has 0 rings (SSSR count). The fraction of sp³-hybridized carbons (Fsp3) is 0.800. The maximum absolute atomic E-state index is 9.83. The second-order valence-corrected chi connectivity index (χ2v) is 2.60. The van der Waals surface area contributed by atoms with E-state index >= 15 is 0 Å². The molecule has 1 unspecified atom stereocenters. The number of hydrogen-bond acceptors (Lipinski definition) is 2. The first-order chi connectivity index (χ1) is 4.16. The number of halogens is 1. The smallest absolute Gasteiger partial charge is 0.450 e. The molecule has 1 N–H and O–H groups in total. The zero-order chi connectivity index (χ0) is 7.28. The van der Waals surface area contributed by atoms with Crippen molar-refractivity contribution in [2.24, 2.45) is 0 Å². The van der Waals surface area contributed by atoms with Gasteiger partial charge in [-0.25, -0.2) is 4.79 Å². The lowest BCUT2D eigenvalue weighted by molar-refractivity contribution is 0.0817. The van der Waals surface area contributed by atoms with Crippen molar-refractivity contribution in [3.8, 4) is 0 Å². The molecule has 0 fully saturated rings. The molecule has 0 aromatic heterocycles. The molecule has 3 nitrogen and oxygen atoms in total. The lowest BCUT2D eigenvalue weighted by Crippen LogP contribution is -2.08. The molecule has 0 saturated carbocycles. The summed E-state index contributed by atoms with van der Waals surface area (Å²) >= 11 is 3.04. The van der Waals surface area contributed by atoms with E-state index in [1.807, 2.05) is 6.92 Å². The molecule has 0 bridgehead atoms. The Kier molecular flexibility index (Phi) is 4.48. The first kappa shape index (κ1) is 8.75. The van der Waals surface area contributed by atoms with E-state index in [0.717, 1.165) is 6.42 Å². The maximum Gasteiger partial charge on any atom is 0.506 e. The predicted molar refractivity (Wildman–Crippen MR) is 36.7 cm³/mol. The lowest BCUT2D eigenvalue weighted by Gasteiger charge is -2.05. The molecule has 9 heavy (non-hydrogen) atoms. The van der Waals surface area contributed by atoms with Gasteiger partial charge < -0.3 is 9.84 Å². The summed E-state index contributed by atoms with van der Waals surface area (Å²) in [5.41, 5.74) is 0. The number of ether oxygens (including phenoxy) is 1. The second kappa shape index (κ2) is 4.61. The number of carboxylic acid groups (broad SMARTS) is 1. The average molecular weight is 197 g/mol. The minimum atomic E-state index is -1.23. The topological polar surface area (TPSA) is 46.5 Å². The summed E-state index contributed by atoms with van der Waals surface area (Å²) in [5, 5.41) is 7.71. The van der Waals surface area contributed by atoms with Crippen LogP contribution in [0.25, 0.3) is 0 Å². The molecule has 0 amide bonds. The molecule has 0 radical (unpaired) electrons. The van der Waals surface area contributed by atoms with Gasteiger partial charge in [-0.2, -0.15) is 0 Å². The van der Waals surface area contributed by atoms with Crippen LogP contribution in [-0.4, -0.2) is 16.3 Å². The largest absolute Gasteiger partial charge is 0.506 e. The van der Waals surface area contributed by atoms with Crippen LogP contribution < -0.4 is 0 Å². The van der Waals surface area contributed by atoms with Crippen molar-refractivity contribution in [3.05, 3.63) is 0 Å². The summed E-state index contributed by atoms with van der Waals surface area (Å²) in [7, 11) is 0. The van der Waals surface area contributed by atoms with E-state index in [-0.39, 0.29) is 5.01 Å². The minimum Gasteiger partial charge on any atom is -0.450 e. The molecule has 54 valence electrons. The van der Waals surface area contributed by atoms with E-state index < -0.39 is 6.16 Å². The van der Waals surface area contributed by atoms with E-state index in [1.54, 1.807) is 0 Å². The van der Waals surface area contributed by atoms with Gasteiger partial charge in [0.1, 0.15) is 0 Å². The highest BCUT2D eigenvalue weighted by Gasteiger charge is 2.06. The predicted octanol–water partition coefficient (Wildman–Crippen LogP) is 2.20. The summed E-state index contributed by atoms with van der Waals surface area (Å²) in [6.45, 7) is 1.96. The molecule has 1 atom stereocenters. The number of rotatable bonds is 3. The Morgan fingerprint density at radius 2 is 2.44 bits per heavy atom. The van der Waals surface area contributed by atoms with Crippen LogP contribution >= 0.6 is 15.9 Å². The zero-order valence-electron chi connectivity index (χ0n) is 5.13. The summed E-state index contributed by atoms with van der Waals surface area (Å²) < 4.78 is 4.32. The van der Waals surface area contributed by atoms with E-state index in [9.17, 15) is 4.79 Å². The number of carbonyl (C=O) groups is 1. The van der Waals surface area contributed by atoms with Gasteiger partial charge in [-0.1, -0.05) is 13.3 Å². The Morgan fingerprint density at radius 3 is 2.78 bits per heavy atom. The van der Waals surface area contributed by atoms with Crippen molar-refractivity contribution in [2.45, 2.75) is 24.8 Å². The van der Waals surface area contributed by atoms with Crippen molar-refractivity contribution in [2.75, 3.05) is 0 Å². The Balaban J connectivity index is 3.26. The average Bonchev–Trinajstić information content (AvgIpc) is 1.63. The zero-order valence-corrected chi connectivity index (χ0v) is 6.72. The van der Waals surface area contributed by atoms with Crippen molar-refractivity contribution in [1.82, 2.24) is 0 Å². The highest BCUT2D eigenvalue weighted by atomic mass is 79.9. The van der Waals surface area contributed by atoms with Gasteiger partial charge in [0.15, 0.2) is 5.01 Å². The quantitative estimate of drug-likeness (QED) is 0.557. The van der Waals surface area contributed by atoms with Crippen molar-refractivity contribution < 1.29 is 14.6 Å². The number of hydrogen-bond donors (Lipinski definition) is 1. The molecular formula is C5H9BrO3. The number of alkyl halides is 1. The Morgan fingerprint density at radius 1 is 1.89 bits per heavy atom. The Bertz CT molecular complexity index is 94.2. The molecule has 0 aromatic carbocycles. The van der Waals surface area contributed by atoms with Crippen molar-refractivity contribution in [1.29, 1.82) is 0 Å². The highest BCUT2D eigenvalue weighted by Crippen LogP contribution is 2.08. The van der Waals surface area contributed by atoms with Gasteiger partial charge in [-0.3, -0.25) is 0 Å². The van der Waals surface area contributed by atoms with Crippen LogP contribution in [-0.2, 0) is 4.74 Å². The van der Waals surface area contributed by atoms with Crippen molar-refractivity contribution in [3.63, 3.8) is 0 Å². The SMILES string of the molecule is CCCC(Br)OC(=O)O. The molecule has 0 saturated heterocycles. The molecule has 0 heterocycles. The first-order valence-electron chi connectivity index (χ1n) is 2.70. The van der Waals surface area contributed by atoms with Crippen LogP contribution in [0, 0.1) is 0 Å². The fourth-order valence-electron chi connectivity index (χ4n) is 0.395. The van der Waals surface area contributed by atoms with Crippen LogP contribution in [0.15, 0.2) is 0 Å². The van der Waals surface area contributed by atoms with E-state index in [1.165, 1.54) is 0 Å². The molecule has 0 aliphatic heterocycles. The van der Waals surface area contributed by atoms with Crippen molar-refractivity contribution >= 4 is 22.1 Å². The van der Waals surface area contributed by atoms with Gasteiger partial charge >= 0.3 is 6.16 Å². The fourth-order valence-corrected chi connectivity index (χ4v) is 1.01. The van der Waals surface area contributed by atoms with Gasteiger partial charge in [-0.05, 0) is 22.4 Å². The van der Waals surface area contributed by atoms with Crippen LogP contribution in [0.5, 0.6) is 0 Å². The second-order valence-electron chi connectivity index (χ2n) is 1.58. The summed E-state index contributed by atoms with van der Waals surface area (Å²) in [6.07, 6.45) is 0.389. The molecule has 0 spiro atoms. The highest BCUT2D eigenvalue weighted by molar-refractivity contribution is 9.09. The summed E-state index contributed by atoms with van der Waals surface area (Å²) in [4.78, 5) is 9.83. The third kappa shape index (κ3) is 5.62. The van der Waals surface area contributed by atoms with E-state index in [0.29, 0.717) is 6.42 Å². The van der Waals surface area contributed by atoms with Gasteiger partial charge in [0.2, 0.25) is 0 Å². The normalized spacial score (nSPS) is 12.7. The van der Waals surface area contributed by atoms with Gasteiger partial charge in [0.25, 0.3) is 0 Å². The van der Waals surface area contributed by atoms with Gasteiger partial charge in [0, 0.05) is 0 Å². The minimum absolute atomic E-state index is 0.347. The van der Waals surface area contributed by atoms with E-state index in [4.69, 9.17) is 5.11 Å². The van der Waals surface area contributed by atoms with Crippen LogP contribution in [0.4, 0.5) is 4.79 Å². The molecule has 0 aliphatic carbocycles. The molecule has 0 aromatic rings.